The van der Waals surface area contributed by atoms with Gasteiger partial charge in [0.25, 0.3) is 0 Å². The molecule has 2 aromatic rings. The molecule has 0 nitrogen and oxygen atoms in total. The Kier molecular flexibility index (Phi) is 5.38. The van der Waals surface area contributed by atoms with Crippen LogP contribution in [0.4, 0.5) is 0 Å². The van der Waals surface area contributed by atoms with Crippen molar-refractivity contribution in [3.05, 3.63) is 59.7 Å². The van der Waals surface area contributed by atoms with Crippen LogP contribution in [0.1, 0.15) is 37.5 Å². The van der Waals surface area contributed by atoms with Crippen LogP contribution >= 0.6 is 0 Å². The predicted octanol–water partition coefficient (Wildman–Crippen LogP) is 5.85. The molecule has 0 unspecified atom stereocenters. The van der Waals surface area contributed by atoms with Gasteiger partial charge in [-0.15, -0.1) is 0 Å². The van der Waals surface area contributed by atoms with E-state index >= 15 is 0 Å². The zero-order valence-corrected chi connectivity index (χ0v) is 11.8. The minimum Gasteiger partial charge on any atom is -0.0984 e. The van der Waals surface area contributed by atoms with E-state index in [1.807, 2.05) is 26.8 Å². The van der Waals surface area contributed by atoms with Crippen molar-refractivity contribution in [1.82, 2.24) is 0 Å². The second-order valence-corrected chi connectivity index (χ2v) is 4.00. The molecule has 0 spiro atoms. The molecular weight excluding hydrogens is 216 g/mol. The molecule has 0 aliphatic carbocycles. The fourth-order valence-electron chi connectivity index (χ4n) is 2.02. The lowest BCUT2D eigenvalue weighted by Gasteiger charge is -2.07. The Bertz CT molecular complexity index is 560. The first-order valence-corrected chi connectivity index (χ1v) is 6.54. The van der Waals surface area contributed by atoms with E-state index < -0.39 is 0 Å². The van der Waals surface area contributed by atoms with Gasteiger partial charge in [0.2, 0.25) is 0 Å². The second kappa shape index (κ2) is 6.80. The summed E-state index contributed by atoms with van der Waals surface area (Å²) in [5, 5.41) is 2.58. The molecule has 2 rings (SSSR count). The molecule has 0 bridgehead atoms. The number of aryl methyl sites for hydroxylation is 1. The molecule has 0 saturated carbocycles. The Morgan fingerprint density at radius 3 is 2.39 bits per heavy atom. The number of allylic oxidation sites excluding steroid dienone is 1. The fraction of sp³-hybridized carbons (Fsp3) is 0.222. The summed E-state index contributed by atoms with van der Waals surface area (Å²) in [6.45, 7) is 12.0. The lowest BCUT2D eigenvalue weighted by molar-refractivity contribution is 1.50. The van der Waals surface area contributed by atoms with Crippen LogP contribution in [0, 0.1) is 6.92 Å². The molecule has 0 aromatic heterocycles. The van der Waals surface area contributed by atoms with Gasteiger partial charge in [0.1, 0.15) is 0 Å². The molecule has 0 heterocycles. The zero-order chi connectivity index (χ0) is 13.5. The molecule has 0 atom stereocenters. The number of fused-ring (bicyclic) bond motifs is 1. The molecule has 2 aromatic carbocycles. The molecule has 0 heteroatoms. The molecule has 0 amide bonds. The van der Waals surface area contributed by atoms with Gasteiger partial charge in [-0.1, -0.05) is 74.5 Å². The minimum atomic E-state index is 1.19. The molecule has 0 aliphatic heterocycles. The summed E-state index contributed by atoms with van der Waals surface area (Å²) in [4.78, 5) is 0. The van der Waals surface area contributed by atoms with Crippen molar-refractivity contribution in [2.75, 3.05) is 0 Å². The zero-order valence-electron chi connectivity index (χ0n) is 11.8. The van der Waals surface area contributed by atoms with E-state index in [9.17, 15) is 0 Å². The smallest absolute Gasteiger partial charge is 0.0105 e. The first-order valence-electron chi connectivity index (χ1n) is 6.54. The number of benzene rings is 2. The molecule has 94 valence electrons. The van der Waals surface area contributed by atoms with Crippen molar-refractivity contribution >= 4 is 22.9 Å². The van der Waals surface area contributed by atoms with Crippen LogP contribution in [0.25, 0.3) is 22.9 Å². The van der Waals surface area contributed by atoms with Crippen molar-refractivity contribution < 1.29 is 0 Å². The van der Waals surface area contributed by atoms with Gasteiger partial charge in [-0.3, -0.25) is 0 Å². The number of rotatable bonds is 2. The van der Waals surface area contributed by atoms with Crippen LogP contribution in [0.3, 0.4) is 0 Å². The highest BCUT2D eigenvalue weighted by Crippen LogP contribution is 2.25. The Hall–Kier alpha value is -1.82. The van der Waals surface area contributed by atoms with Crippen molar-refractivity contribution in [1.29, 1.82) is 0 Å². The molecule has 18 heavy (non-hydrogen) atoms. The van der Waals surface area contributed by atoms with Gasteiger partial charge >= 0.3 is 0 Å². The Morgan fingerprint density at radius 2 is 1.78 bits per heavy atom. The molecule has 0 radical (unpaired) electrons. The topological polar surface area (TPSA) is 0 Å². The largest absolute Gasteiger partial charge is 0.0984 e. The maximum absolute atomic E-state index is 3.86. The molecule has 0 fully saturated rings. The number of hydrogen-bond donors (Lipinski definition) is 0. The van der Waals surface area contributed by atoms with Crippen LogP contribution in [0.5, 0.6) is 0 Å². The van der Waals surface area contributed by atoms with Crippen LogP contribution in [-0.2, 0) is 0 Å². The van der Waals surface area contributed by atoms with E-state index in [0.717, 1.165) is 0 Å². The molecular formula is C18H22. The van der Waals surface area contributed by atoms with E-state index in [2.05, 4.69) is 56.0 Å². The maximum atomic E-state index is 3.86. The van der Waals surface area contributed by atoms with E-state index in [1.165, 1.54) is 27.5 Å². The molecule has 0 N–H and O–H groups in total. The van der Waals surface area contributed by atoms with Gasteiger partial charge in [-0.25, -0.2) is 0 Å². The van der Waals surface area contributed by atoms with E-state index in [4.69, 9.17) is 0 Å². The Balaban J connectivity index is 0.000000771. The summed E-state index contributed by atoms with van der Waals surface area (Å²) in [7, 11) is 0. The summed E-state index contributed by atoms with van der Waals surface area (Å²) >= 11 is 0. The summed E-state index contributed by atoms with van der Waals surface area (Å²) in [6.07, 6.45) is 6.13. The standard InChI is InChI=1S/C16H16.C2H6/c1-4-6-15-13(5-2)8-9-14-11-12(3)7-10-16(14)15;1-2/h4-11H,2H2,1,3H3;1-2H3/b6-4-;. The third-order valence-corrected chi connectivity index (χ3v) is 2.80. The van der Waals surface area contributed by atoms with Gasteiger partial charge in [-0.05, 0) is 35.7 Å². The maximum Gasteiger partial charge on any atom is -0.0105 e. The Labute approximate surface area is 111 Å². The highest BCUT2D eigenvalue weighted by atomic mass is 14.1. The molecule has 0 aliphatic rings. The lowest BCUT2D eigenvalue weighted by Crippen LogP contribution is -1.85. The molecule has 0 saturated heterocycles. The van der Waals surface area contributed by atoms with Crippen LogP contribution in [0.15, 0.2) is 43.0 Å². The van der Waals surface area contributed by atoms with Crippen molar-refractivity contribution in [2.24, 2.45) is 0 Å². The summed E-state index contributed by atoms with van der Waals surface area (Å²) in [5.74, 6) is 0. The summed E-state index contributed by atoms with van der Waals surface area (Å²) < 4.78 is 0. The van der Waals surface area contributed by atoms with Crippen molar-refractivity contribution in [3.8, 4) is 0 Å². The predicted molar refractivity (Wildman–Crippen MR) is 84.8 cm³/mol. The number of hydrogen-bond acceptors (Lipinski definition) is 0. The average Bonchev–Trinajstić information content (AvgIpc) is 2.41. The normalized spacial score (nSPS) is 10.2. The first kappa shape index (κ1) is 14.2. The fourth-order valence-corrected chi connectivity index (χ4v) is 2.02. The average molecular weight is 238 g/mol. The minimum absolute atomic E-state index is 1.19. The van der Waals surface area contributed by atoms with Gasteiger partial charge in [-0.2, -0.15) is 0 Å². The van der Waals surface area contributed by atoms with Crippen LogP contribution < -0.4 is 0 Å². The highest BCUT2D eigenvalue weighted by molar-refractivity contribution is 5.94. The van der Waals surface area contributed by atoms with Gasteiger partial charge in [0.15, 0.2) is 0 Å². The second-order valence-electron chi connectivity index (χ2n) is 4.00. The third kappa shape index (κ3) is 2.89. The lowest BCUT2D eigenvalue weighted by atomic mass is 9.97. The Morgan fingerprint density at radius 1 is 1.06 bits per heavy atom. The first-order chi connectivity index (χ1) is 8.76. The van der Waals surface area contributed by atoms with Crippen molar-refractivity contribution in [2.45, 2.75) is 27.7 Å². The monoisotopic (exact) mass is 238 g/mol. The SMILES string of the molecule is C=Cc1ccc2cc(C)ccc2c1/C=C\C.CC. The van der Waals surface area contributed by atoms with Gasteiger partial charge in [0, 0.05) is 0 Å². The van der Waals surface area contributed by atoms with Crippen LogP contribution in [-0.4, -0.2) is 0 Å². The summed E-state index contributed by atoms with van der Waals surface area (Å²) in [6, 6.07) is 10.8. The van der Waals surface area contributed by atoms with E-state index in [-0.39, 0.29) is 0 Å². The van der Waals surface area contributed by atoms with E-state index in [1.54, 1.807) is 0 Å². The third-order valence-electron chi connectivity index (χ3n) is 2.80. The highest BCUT2D eigenvalue weighted by Gasteiger charge is 2.02. The van der Waals surface area contributed by atoms with E-state index in [0.29, 0.717) is 0 Å². The quantitative estimate of drug-likeness (QED) is 0.615. The van der Waals surface area contributed by atoms with Gasteiger partial charge < -0.3 is 0 Å². The van der Waals surface area contributed by atoms with Crippen LogP contribution in [0.2, 0.25) is 0 Å². The van der Waals surface area contributed by atoms with Gasteiger partial charge in [0.05, 0.1) is 0 Å². The van der Waals surface area contributed by atoms with Crippen molar-refractivity contribution in [3.63, 3.8) is 0 Å². The summed E-state index contributed by atoms with van der Waals surface area (Å²) in [5.41, 5.74) is 3.75.